The number of nitrogens with one attached hydrogen (secondary N) is 1. The van der Waals surface area contributed by atoms with Gasteiger partial charge in [-0.15, -0.1) is 0 Å². The monoisotopic (exact) mass is 409 g/mol. The number of nitrogens with zero attached hydrogens (tertiary/aromatic N) is 2. The minimum Gasteiger partial charge on any atom is -0.298 e. The van der Waals surface area contributed by atoms with Crippen LogP contribution in [0.4, 0.5) is 5.13 Å². The molecule has 0 aliphatic rings. The van der Waals surface area contributed by atoms with E-state index in [1.54, 1.807) is 0 Å². The summed E-state index contributed by atoms with van der Waals surface area (Å²) >= 11 is 1.47. The molecule has 146 valence electrons. The van der Waals surface area contributed by atoms with E-state index in [9.17, 15) is 4.79 Å². The molecule has 0 aliphatic carbocycles. The van der Waals surface area contributed by atoms with Crippen LogP contribution < -0.4 is 5.32 Å². The van der Waals surface area contributed by atoms with Crippen LogP contribution in [0, 0.1) is 0 Å². The molecule has 0 saturated carbocycles. The highest BCUT2D eigenvalue weighted by atomic mass is 32.1. The summed E-state index contributed by atoms with van der Waals surface area (Å²) in [6.45, 7) is 2.13. The van der Waals surface area contributed by atoms with Gasteiger partial charge in [-0.05, 0) is 36.2 Å². The van der Waals surface area contributed by atoms with Gasteiger partial charge in [0.1, 0.15) is 0 Å². The smallest absolute Gasteiger partial charge is 0.258 e. The van der Waals surface area contributed by atoms with Gasteiger partial charge in [0.2, 0.25) is 0 Å². The molecule has 2 heterocycles. The van der Waals surface area contributed by atoms with E-state index in [-0.39, 0.29) is 5.91 Å². The maximum Gasteiger partial charge on any atom is 0.258 e. The first-order chi connectivity index (χ1) is 14.7. The van der Waals surface area contributed by atoms with E-state index in [2.05, 4.69) is 41.5 Å². The number of amides is 1. The summed E-state index contributed by atoms with van der Waals surface area (Å²) in [5.41, 5.74) is 5.32. The van der Waals surface area contributed by atoms with E-state index in [1.165, 1.54) is 16.9 Å². The minimum absolute atomic E-state index is 0.181. The molecule has 0 atom stereocenters. The summed E-state index contributed by atoms with van der Waals surface area (Å²) < 4.78 is 1.05. The molecular formula is C25H19N3OS. The number of carbonyl (C=O) groups excluding carboxylic acids is 1. The lowest BCUT2D eigenvalue weighted by Crippen LogP contribution is -2.13. The zero-order valence-electron chi connectivity index (χ0n) is 16.4. The summed E-state index contributed by atoms with van der Waals surface area (Å²) in [5, 5.41) is 4.39. The number of pyridine rings is 1. The third-order valence-corrected chi connectivity index (χ3v) is 6.08. The van der Waals surface area contributed by atoms with E-state index in [1.807, 2.05) is 54.6 Å². The van der Waals surface area contributed by atoms with Crippen molar-refractivity contribution in [2.24, 2.45) is 0 Å². The van der Waals surface area contributed by atoms with Gasteiger partial charge >= 0.3 is 0 Å². The molecule has 0 fully saturated rings. The van der Waals surface area contributed by atoms with Crippen molar-refractivity contribution in [1.29, 1.82) is 0 Å². The second kappa shape index (κ2) is 7.69. The van der Waals surface area contributed by atoms with Crippen LogP contribution in [0.15, 0.2) is 78.9 Å². The molecule has 3 aromatic carbocycles. The SMILES string of the molecule is CCc1ccc(-c2cc(C(=O)Nc3nc4ccccc4s3)c3ccccc3n2)cc1. The van der Waals surface area contributed by atoms with Gasteiger partial charge < -0.3 is 0 Å². The third-order valence-electron chi connectivity index (χ3n) is 5.13. The van der Waals surface area contributed by atoms with E-state index in [0.717, 1.165) is 38.8 Å². The lowest BCUT2D eigenvalue weighted by atomic mass is 10.0. The molecule has 0 bridgehead atoms. The average Bonchev–Trinajstić information content (AvgIpc) is 3.20. The van der Waals surface area contributed by atoms with Crippen molar-refractivity contribution in [2.45, 2.75) is 13.3 Å². The minimum atomic E-state index is -0.181. The highest BCUT2D eigenvalue weighted by molar-refractivity contribution is 7.22. The quantitative estimate of drug-likeness (QED) is 0.377. The first kappa shape index (κ1) is 18.5. The van der Waals surface area contributed by atoms with Gasteiger partial charge in [-0.25, -0.2) is 9.97 Å². The zero-order valence-corrected chi connectivity index (χ0v) is 17.2. The Bertz CT molecular complexity index is 1340. The molecule has 0 aliphatic heterocycles. The van der Waals surface area contributed by atoms with Crippen LogP contribution in [0.2, 0.25) is 0 Å². The Balaban J connectivity index is 1.56. The third kappa shape index (κ3) is 3.44. The number of benzene rings is 3. The summed E-state index contributed by atoms with van der Waals surface area (Å²) in [7, 11) is 0. The Labute approximate surface area is 178 Å². The van der Waals surface area contributed by atoms with Crippen molar-refractivity contribution < 1.29 is 4.79 Å². The predicted molar refractivity (Wildman–Crippen MR) is 124 cm³/mol. The Morgan fingerprint density at radius 2 is 1.63 bits per heavy atom. The number of aryl methyl sites for hydroxylation is 1. The normalized spacial score (nSPS) is 11.1. The molecule has 0 spiro atoms. The Morgan fingerprint density at radius 3 is 2.40 bits per heavy atom. The molecule has 0 radical (unpaired) electrons. The van der Waals surface area contributed by atoms with E-state index >= 15 is 0 Å². The first-order valence-electron chi connectivity index (χ1n) is 9.87. The molecule has 4 nitrogen and oxygen atoms in total. The molecule has 0 unspecified atom stereocenters. The summed E-state index contributed by atoms with van der Waals surface area (Å²) in [4.78, 5) is 22.5. The lowest BCUT2D eigenvalue weighted by Gasteiger charge is -2.10. The summed E-state index contributed by atoms with van der Waals surface area (Å²) in [6, 6.07) is 25.8. The first-order valence-corrected chi connectivity index (χ1v) is 10.7. The fourth-order valence-electron chi connectivity index (χ4n) is 3.51. The molecule has 2 aromatic heterocycles. The molecule has 5 rings (SSSR count). The Hall–Kier alpha value is -3.57. The molecule has 5 heteroatoms. The van der Waals surface area contributed by atoms with Crippen LogP contribution in [-0.2, 0) is 6.42 Å². The maximum absolute atomic E-state index is 13.2. The highest BCUT2D eigenvalue weighted by Crippen LogP contribution is 2.28. The maximum atomic E-state index is 13.2. The average molecular weight is 410 g/mol. The number of fused-ring (bicyclic) bond motifs is 2. The van der Waals surface area contributed by atoms with E-state index in [0.29, 0.717) is 10.7 Å². The van der Waals surface area contributed by atoms with Crippen LogP contribution >= 0.6 is 11.3 Å². The number of thiazole rings is 1. The van der Waals surface area contributed by atoms with Gasteiger partial charge in [-0.2, -0.15) is 0 Å². The number of aromatic nitrogens is 2. The van der Waals surface area contributed by atoms with Crippen LogP contribution in [0.1, 0.15) is 22.8 Å². The molecule has 1 N–H and O–H groups in total. The number of hydrogen-bond acceptors (Lipinski definition) is 4. The summed E-state index contributed by atoms with van der Waals surface area (Å²) in [6.07, 6.45) is 0.987. The van der Waals surface area contributed by atoms with Crippen LogP contribution in [0.5, 0.6) is 0 Å². The van der Waals surface area contributed by atoms with Gasteiger partial charge in [-0.1, -0.05) is 72.9 Å². The van der Waals surface area contributed by atoms with Crippen molar-refractivity contribution in [2.75, 3.05) is 5.32 Å². The number of para-hydroxylation sites is 2. The van der Waals surface area contributed by atoms with Gasteiger partial charge in [0.05, 0.1) is 27.0 Å². The largest absolute Gasteiger partial charge is 0.298 e. The van der Waals surface area contributed by atoms with Gasteiger partial charge in [0, 0.05) is 10.9 Å². The number of rotatable bonds is 4. The Morgan fingerprint density at radius 1 is 0.900 bits per heavy atom. The Kier molecular flexibility index (Phi) is 4.73. The fourth-order valence-corrected chi connectivity index (χ4v) is 4.37. The van der Waals surface area contributed by atoms with E-state index in [4.69, 9.17) is 4.98 Å². The van der Waals surface area contributed by atoms with Crippen LogP contribution in [0.3, 0.4) is 0 Å². The highest BCUT2D eigenvalue weighted by Gasteiger charge is 2.16. The second-order valence-corrected chi connectivity index (χ2v) is 8.09. The molecule has 30 heavy (non-hydrogen) atoms. The van der Waals surface area contributed by atoms with Crippen LogP contribution in [-0.4, -0.2) is 15.9 Å². The second-order valence-electron chi connectivity index (χ2n) is 7.06. The topological polar surface area (TPSA) is 54.9 Å². The molecule has 5 aromatic rings. The van der Waals surface area contributed by atoms with Crippen molar-refractivity contribution >= 4 is 43.5 Å². The zero-order chi connectivity index (χ0) is 20.5. The summed E-state index contributed by atoms with van der Waals surface area (Å²) in [5.74, 6) is -0.181. The number of carbonyl (C=O) groups is 1. The molecule has 0 saturated heterocycles. The lowest BCUT2D eigenvalue weighted by molar-refractivity contribution is 0.102. The van der Waals surface area contributed by atoms with Crippen molar-refractivity contribution in [1.82, 2.24) is 9.97 Å². The molecular weight excluding hydrogens is 390 g/mol. The van der Waals surface area contributed by atoms with Gasteiger partial charge in [-0.3, -0.25) is 10.1 Å². The predicted octanol–water partition coefficient (Wildman–Crippen LogP) is 6.33. The fraction of sp³-hybridized carbons (Fsp3) is 0.0800. The van der Waals surface area contributed by atoms with Crippen molar-refractivity contribution in [3.63, 3.8) is 0 Å². The van der Waals surface area contributed by atoms with Gasteiger partial charge in [0.25, 0.3) is 5.91 Å². The van der Waals surface area contributed by atoms with Gasteiger partial charge in [0.15, 0.2) is 5.13 Å². The van der Waals surface area contributed by atoms with E-state index < -0.39 is 0 Å². The number of anilines is 1. The van der Waals surface area contributed by atoms with Crippen LogP contribution in [0.25, 0.3) is 32.4 Å². The molecule has 1 amide bonds. The van der Waals surface area contributed by atoms with Crippen molar-refractivity contribution in [3.8, 4) is 11.3 Å². The van der Waals surface area contributed by atoms with Crippen molar-refractivity contribution in [3.05, 3.63) is 90.0 Å². The number of hydrogen-bond donors (Lipinski definition) is 1. The standard InChI is InChI=1S/C25H19N3OS/c1-2-16-11-13-17(14-12-16)22-15-19(18-7-3-4-8-20(18)26-22)24(29)28-25-27-21-9-5-6-10-23(21)30-25/h3-15H,2H2,1H3,(H,27,28,29).